The van der Waals surface area contributed by atoms with E-state index in [1.54, 1.807) is 0 Å². The van der Waals surface area contributed by atoms with Crippen molar-refractivity contribution >= 4 is 5.97 Å². The van der Waals surface area contributed by atoms with E-state index in [1.807, 2.05) is 0 Å². The van der Waals surface area contributed by atoms with Gasteiger partial charge in [0.1, 0.15) is 0 Å². The maximum absolute atomic E-state index is 11.6. The fraction of sp³-hybridized carbons (Fsp3) is 0.929. The second kappa shape index (κ2) is 4.77. The van der Waals surface area contributed by atoms with E-state index in [2.05, 4.69) is 27.7 Å². The molecule has 2 nitrogen and oxygen atoms in total. The van der Waals surface area contributed by atoms with Crippen molar-refractivity contribution in [3.8, 4) is 0 Å². The summed E-state index contributed by atoms with van der Waals surface area (Å²) in [4.78, 5) is 11.6. The van der Waals surface area contributed by atoms with Crippen LogP contribution in [0.1, 0.15) is 66.2 Å². The van der Waals surface area contributed by atoms with Crippen LogP contribution >= 0.6 is 0 Å². The van der Waals surface area contributed by atoms with E-state index >= 15 is 0 Å². The lowest BCUT2D eigenvalue weighted by molar-refractivity contribution is -0.157. The van der Waals surface area contributed by atoms with Gasteiger partial charge in [0.05, 0.1) is 5.41 Å². The second-order valence-corrected chi connectivity index (χ2v) is 6.32. The summed E-state index contributed by atoms with van der Waals surface area (Å²) in [5.74, 6) is -0.255. The Morgan fingerprint density at radius 1 is 1.25 bits per heavy atom. The van der Waals surface area contributed by atoms with E-state index in [0.717, 1.165) is 38.5 Å². The maximum atomic E-state index is 11.6. The van der Waals surface area contributed by atoms with Crippen molar-refractivity contribution in [3.05, 3.63) is 0 Å². The van der Waals surface area contributed by atoms with Gasteiger partial charge in [0.15, 0.2) is 0 Å². The molecule has 2 heteroatoms. The van der Waals surface area contributed by atoms with Crippen molar-refractivity contribution in [1.29, 1.82) is 0 Å². The summed E-state index contributed by atoms with van der Waals surface area (Å²) in [5, 5.41) is 9.56. The Labute approximate surface area is 99.4 Å². The SMILES string of the molecule is CCCC(C)C1(C(=O)O)CCC(C)(C)CC1. The van der Waals surface area contributed by atoms with Gasteiger partial charge >= 0.3 is 5.97 Å². The first-order chi connectivity index (χ1) is 7.34. The molecule has 0 aromatic heterocycles. The van der Waals surface area contributed by atoms with Crippen molar-refractivity contribution in [2.45, 2.75) is 66.2 Å². The minimum absolute atomic E-state index is 0.311. The maximum Gasteiger partial charge on any atom is 0.309 e. The first-order valence-electron chi connectivity index (χ1n) is 6.57. The van der Waals surface area contributed by atoms with E-state index in [0.29, 0.717) is 11.3 Å². The highest BCUT2D eigenvalue weighted by molar-refractivity contribution is 5.75. The number of carbonyl (C=O) groups is 1. The van der Waals surface area contributed by atoms with Gasteiger partial charge in [0.25, 0.3) is 0 Å². The van der Waals surface area contributed by atoms with Gasteiger partial charge in [-0.15, -0.1) is 0 Å². The molecule has 0 aromatic carbocycles. The van der Waals surface area contributed by atoms with Crippen LogP contribution in [0.25, 0.3) is 0 Å². The van der Waals surface area contributed by atoms with Crippen molar-refractivity contribution in [1.82, 2.24) is 0 Å². The van der Waals surface area contributed by atoms with Gasteiger partial charge in [0, 0.05) is 0 Å². The molecule has 1 atom stereocenters. The molecule has 1 saturated carbocycles. The molecule has 1 unspecified atom stereocenters. The molecule has 16 heavy (non-hydrogen) atoms. The van der Waals surface area contributed by atoms with E-state index in [-0.39, 0.29) is 0 Å². The van der Waals surface area contributed by atoms with Crippen LogP contribution in [0.4, 0.5) is 0 Å². The third-order valence-electron chi connectivity index (χ3n) is 4.59. The van der Waals surface area contributed by atoms with Gasteiger partial charge in [-0.25, -0.2) is 0 Å². The van der Waals surface area contributed by atoms with Crippen molar-refractivity contribution < 1.29 is 9.90 Å². The van der Waals surface area contributed by atoms with Gasteiger partial charge in [-0.1, -0.05) is 34.1 Å². The normalized spacial score (nSPS) is 25.0. The minimum Gasteiger partial charge on any atom is -0.481 e. The van der Waals surface area contributed by atoms with Crippen LogP contribution in [0.5, 0.6) is 0 Å². The molecule has 0 amide bonds. The first-order valence-corrected chi connectivity index (χ1v) is 6.57. The van der Waals surface area contributed by atoms with Crippen LogP contribution in [0.2, 0.25) is 0 Å². The second-order valence-electron chi connectivity index (χ2n) is 6.32. The molecule has 0 aliphatic heterocycles. The molecule has 0 heterocycles. The van der Waals surface area contributed by atoms with Crippen LogP contribution in [-0.2, 0) is 4.79 Å². The first kappa shape index (κ1) is 13.5. The molecule has 0 aromatic rings. The Balaban J connectivity index is 2.80. The van der Waals surface area contributed by atoms with E-state index in [9.17, 15) is 9.90 Å². The zero-order valence-electron chi connectivity index (χ0n) is 11.2. The summed E-state index contributed by atoms with van der Waals surface area (Å²) >= 11 is 0. The largest absolute Gasteiger partial charge is 0.481 e. The Bertz CT molecular complexity index is 245. The number of hydrogen-bond donors (Lipinski definition) is 1. The standard InChI is InChI=1S/C14H26O2/c1-5-6-11(2)14(12(15)16)9-7-13(3,4)8-10-14/h11H,5-10H2,1-4H3,(H,15,16). The molecule has 94 valence electrons. The Kier molecular flexibility index (Phi) is 4.03. The topological polar surface area (TPSA) is 37.3 Å². The van der Waals surface area contributed by atoms with Crippen LogP contribution in [0.3, 0.4) is 0 Å². The van der Waals surface area contributed by atoms with Crippen molar-refractivity contribution in [2.24, 2.45) is 16.7 Å². The van der Waals surface area contributed by atoms with E-state index in [1.165, 1.54) is 0 Å². The Morgan fingerprint density at radius 3 is 2.12 bits per heavy atom. The minimum atomic E-state index is -0.566. The number of aliphatic carboxylic acids is 1. The van der Waals surface area contributed by atoms with Crippen LogP contribution in [0, 0.1) is 16.7 Å². The molecule has 1 aliphatic rings. The number of rotatable bonds is 4. The fourth-order valence-corrected chi connectivity index (χ4v) is 3.00. The van der Waals surface area contributed by atoms with Crippen molar-refractivity contribution in [3.63, 3.8) is 0 Å². The summed E-state index contributed by atoms with van der Waals surface area (Å²) in [6.45, 7) is 8.77. The summed E-state index contributed by atoms with van der Waals surface area (Å²) in [5.41, 5.74) is -0.101. The smallest absolute Gasteiger partial charge is 0.309 e. The predicted octanol–water partition coefficient (Wildman–Crippen LogP) is 4.09. The van der Waals surface area contributed by atoms with Crippen LogP contribution in [0.15, 0.2) is 0 Å². The highest BCUT2D eigenvalue weighted by atomic mass is 16.4. The van der Waals surface area contributed by atoms with Gasteiger partial charge in [-0.05, 0) is 43.4 Å². The quantitative estimate of drug-likeness (QED) is 0.783. The Morgan fingerprint density at radius 2 is 1.75 bits per heavy atom. The average molecular weight is 226 g/mol. The lowest BCUT2D eigenvalue weighted by Crippen LogP contribution is -2.42. The lowest BCUT2D eigenvalue weighted by atomic mass is 9.59. The summed E-state index contributed by atoms with van der Waals surface area (Å²) < 4.78 is 0. The molecule has 1 fully saturated rings. The third kappa shape index (κ3) is 2.58. The number of hydrogen-bond acceptors (Lipinski definition) is 1. The van der Waals surface area contributed by atoms with Crippen molar-refractivity contribution in [2.75, 3.05) is 0 Å². The third-order valence-corrected chi connectivity index (χ3v) is 4.59. The number of carboxylic acid groups (broad SMARTS) is 1. The zero-order valence-corrected chi connectivity index (χ0v) is 11.2. The average Bonchev–Trinajstić information content (AvgIpc) is 2.18. The molecule has 0 saturated heterocycles. The van der Waals surface area contributed by atoms with E-state index in [4.69, 9.17) is 0 Å². The monoisotopic (exact) mass is 226 g/mol. The van der Waals surface area contributed by atoms with Gasteiger partial charge in [0.2, 0.25) is 0 Å². The predicted molar refractivity (Wildman–Crippen MR) is 66.4 cm³/mol. The molecule has 0 radical (unpaired) electrons. The van der Waals surface area contributed by atoms with E-state index < -0.39 is 11.4 Å². The van der Waals surface area contributed by atoms with Crippen LogP contribution in [-0.4, -0.2) is 11.1 Å². The lowest BCUT2D eigenvalue weighted by Gasteiger charge is -2.44. The molecule has 1 rings (SSSR count). The zero-order chi connectivity index (χ0) is 12.4. The molecule has 0 bridgehead atoms. The summed E-state index contributed by atoms with van der Waals surface area (Å²) in [7, 11) is 0. The summed E-state index contributed by atoms with van der Waals surface area (Å²) in [6.07, 6.45) is 5.93. The molecule has 0 spiro atoms. The molecular weight excluding hydrogens is 200 g/mol. The van der Waals surface area contributed by atoms with Gasteiger partial charge < -0.3 is 5.11 Å². The summed E-state index contributed by atoms with van der Waals surface area (Å²) in [6, 6.07) is 0. The molecule has 1 aliphatic carbocycles. The fourth-order valence-electron chi connectivity index (χ4n) is 3.00. The Hall–Kier alpha value is -0.530. The highest BCUT2D eigenvalue weighted by Gasteiger charge is 2.47. The van der Waals surface area contributed by atoms with Crippen LogP contribution < -0.4 is 0 Å². The van der Waals surface area contributed by atoms with Gasteiger partial charge in [-0.2, -0.15) is 0 Å². The van der Waals surface area contributed by atoms with Gasteiger partial charge in [-0.3, -0.25) is 4.79 Å². The number of carboxylic acids is 1. The molecular formula is C14H26O2. The highest BCUT2D eigenvalue weighted by Crippen LogP contribution is 2.50. The molecule has 1 N–H and O–H groups in total.